The SMILES string of the molecule is C[C@H](O)CN1CCC2(CC1)CC(=O)N(Cc1cc(F)cc(F)c1)C2. The Morgan fingerprint density at radius 3 is 2.42 bits per heavy atom. The molecular weight excluding hydrogens is 314 g/mol. The van der Waals surface area contributed by atoms with E-state index in [2.05, 4.69) is 4.90 Å². The fourth-order valence-corrected chi connectivity index (χ4v) is 3.97. The average molecular weight is 338 g/mol. The highest BCUT2D eigenvalue weighted by atomic mass is 19.1. The number of likely N-dealkylation sites (tertiary alicyclic amines) is 2. The number of β-amino-alcohol motifs (C(OH)–C–C–N with tert-alkyl or cyclic N) is 1. The number of hydrogen-bond donors (Lipinski definition) is 1. The van der Waals surface area contributed by atoms with Crippen LogP contribution in [0.5, 0.6) is 0 Å². The highest BCUT2D eigenvalue weighted by molar-refractivity contribution is 5.79. The van der Waals surface area contributed by atoms with Crippen LogP contribution in [0.1, 0.15) is 31.7 Å². The maximum Gasteiger partial charge on any atom is 0.223 e. The largest absolute Gasteiger partial charge is 0.392 e. The van der Waals surface area contributed by atoms with Gasteiger partial charge in [0.25, 0.3) is 0 Å². The average Bonchev–Trinajstić information content (AvgIpc) is 2.76. The van der Waals surface area contributed by atoms with Gasteiger partial charge in [0.2, 0.25) is 5.91 Å². The van der Waals surface area contributed by atoms with E-state index in [9.17, 15) is 18.7 Å². The summed E-state index contributed by atoms with van der Waals surface area (Å²) in [4.78, 5) is 16.3. The second-order valence-corrected chi connectivity index (χ2v) is 7.35. The van der Waals surface area contributed by atoms with E-state index in [-0.39, 0.29) is 24.0 Å². The molecule has 1 amide bonds. The van der Waals surface area contributed by atoms with Crippen LogP contribution in [0.25, 0.3) is 0 Å². The molecule has 6 heteroatoms. The molecule has 1 atom stereocenters. The lowest BCUT2D eigenvalue weighted by molar-refractivity contribution is -0.128. The van der Waals surface area contributed by atoms with Crippen molar-refractivity contribution in [3.05, 3.63) is 35.4 Å². The van der Waals surface area contributed by atoms with Gasteiger partial charge in [0.05, 0.1) is 6.10 Å². The first kappa shape index (κ1) is 17.3. The molecule has 0 aliphatic carbocycles. The van der Waals surface area contributed by atoms with Gasteiger partial charge in [-0.05, 0) is 56.0 Å². The van der Waals surface area contributed by atoms with E-state index < -0.39 is 11.6 Å². The first-order valence-electron chi connectivity index (χ1n) is 8.48. The smallest absolute Gasteiger partial charge is 0.223 e. The van der Waals surface area contributed by atoms with E-state index in [1.807, 2.05) is 0 Å². The zero-order chi connectivity index (χ0) is 17.3. The quantitative estimate of drug-likeness (QED) is 0.915. The zero-order valence-electron chi connectivity index (χ0n) is 14.0. The molecule has 2 aliphatic heterocycles. The number of aliphatic hydroxyl groups excluding tert-OH is 1. The number of nitrogens with zero attached hydrogens (tertiary/aromatic N) is 2. The molecule has 132 valence electrons. The highest BCUT2D eigenvalue weighted by Crippen LogP contribution is 2.41. The van der Waals surface area contributed by atoms with Crippen LogP contribution >= 0.6 is 0 Å². The molecule has 1 N–H and O–H groups in total. The van der Waals surface area contributed by atoms with Gasteiger partial charge >= 0.3 is 0 Å². The molecule has 0 aromatic heterocycles. The molecule has 2 saturated heterocycles. The molecule has 1 aromatic rings. The van der Waals surface area contributed by atoms with Gasteiger partial charge in [0.1, 0.15) is 11.6 Å². The number of aliphatic hydroxyl groups is 1. The lowest BCUT2D eigenvalue weighted by atomic mass is 9.77. The van der Waals surface area contributed by atoms with Crippen LogP contribution in [-0.2, 0) is 11.3 Å². The minimum absolute atomic E-state index is 0.0296. The van der Waals surface area contributed by atoms with Crippen LogP contribution in [0.4, 0.5) is 8.78 Å². The van der Waals surface area contributed by atoms with Crippen LogP contribution in [0.15, 0.2) is 18.2 Å². The summed E-state index contributed by atoms with van der Waals surface area (Å²) in [6.45, 7) is 5.10. The van der Waals surface area contributed by atoms with Crippen molar-refractivity contribution < 1.29 is 18.7 Å². The standard InChI is InChI=1S/C18H24F2N2O2/c1-13(23)10-21-4-2-18(3-5-21)9-17(24)22(12-18)11-14-6-15(19)8-16(20)7-14/h6-8,13,23H,2-5,9-12H2,1H3/t13-/m0/s1. The van der Waals surface area contributed by atoms with Crippen molar-refractivity contribution >= 4 is 5.91 Å². The van der Waals surface area contributed by atoms with Crippen molar-refractivity contribution in [2.45, 2.75) is 38.8 Å². The van der Waals surface area contributed by atoms with Gasteiger partial charge in [0, 0.05) is 32.1 Å². The van der Waals surface area contributed by atoms with E-state index in [0.717, 1.165) is 32.0 Å². The maximum absolute atomic E-state index is 13.3. The highest BCUT2D eigenvalue weighted by Gasteiger charge is 2.44. The summed E-state index contributed by atoms with van der Waals surface area (Å²) >= 11 is 0. The number of carbonyl (C=O) groups is 1. The van der Waals surface area contributed by atoms with Crippen molar-refractivity contribution in [3.63, 3.8) is 0 Å². The van der Waals surface area contributed by atoms with Crippen molar-refractivity contribution in [3.8, 4) is 0 Å². The van der Waals surface area contributed by atoms with E-state index in [0.29, 0.717) is 25.1 Å². The minimum Gasteiger partial charge on any atom is -0.392 e. The lowest BCUT2D eigenvalue weighted by Crippen LogP contribution is -2.43. The Morgan fingerprint density at radius 1 is 1.21 bits per heavy atom. The molecule has 2 fully saturated rings. The van der Waals surface area contributed by atoms with E-state index in [4.69, 9.17) is 0 Å². The first-order valence-corrected chi connectivity index (χ1v) is 8.48. The van der Waals surface area contributed by atoms with Crippen LogP contribution in [0.2, 0.25) is 0 Å². The Morgan fingerprint density at radius 2 is 1.83 bits per heavy atom. The summed E-state index contributed by atoms with van der Waals surface area (Å²) in [5.74, 6) is -1.17. The van der Waals surface area contributed by atoms with E-state index >= 15 is 0 Å². The second-order valence-electron chi connectivity index (χ2n) is 7.35. The summed E-state index contributed by atoms with van der Waals surface area (Å²) in [6, 6.07) is 3.41. The number of rotatable bonds is 4. The van der Waals surface area contributed by atoms with Crippen molar-refractivity contribution in [1.82, 2.24) is 9.80 Å². The summed E-state index contributed by atoms with van der Waals surface area (Å²) in [7, 11) is 0. The predicted molar refractivity (Wildman–Crippen MR) is 86.2 cm³/mol. The number of piperidine rings is 1. The molecule has 2 aliphatic rings. The van der Waals surface area contributed by atoms with Gasteiger partial charge in [-0.15, -0.1) is 0 Å². The number of hydrogen-bond acceptors (Lipinski definition) is 3. The fraction of sp³-hybridized carbons (Fsp3) is 0.611. The second kappa shape index (κ2) is 6.76. The Bertz CT molecular complexity index is 593. The van der Waals surface area contributed by atoms with Crippen molar-refractivity contribution in [1.29, 1.82) is 0 Å². The van der Waals surface area contributed by atoms with Gasteiger partial charge in [-0.25, -0.2) is 8.78 Å². The summed E-state index contributed by atoms with van der Waals surface area (Å²) < 4.78 is 26.7. The molecule has 24 heavy (non-hydrogen) atoms. The van der Waals surface area contributed by atoms with Crippen molar-refractivity contribution in [2.24, 2.45) is 5.41 Å². The molecule has 2 heterocycles. The Kier molecular flexibility index (Phi) is 4.88. The summed E-state index contributed by atoms with van der Waals surface area (Å²) in [6.07, 6.45) is 2.00. The Balaban J connectivity index is 1.62. The first-order chi connectivity index (χ1) is 11.3. The van der Waals surface area contributed by atoms with E-state index in [1.54, 1.807) is 11.8 Å². The topological polar surface area (TPSA) is 43.8 Å². The maximum atomic E-state index is 13.3. The van der Waals surface area contributed by atoms with Crippen LogP contribution in [-0.4, -0.2) is 53.1 Å². The van der Waals surface area contributed by atoms with E-state index in [1.165, 1.54) is 12.1 Å². The molecule has 0 radical (unpaired) electrons. The summed E-state index contributed by atoms with van der Waals surface area (Å²) in [5.41, 5.74) is 0.461. The molecule has 1 aromatic carbocycles. The van der Waals surface area contributed by atoms with Gasteiger partial charge in [-0.1, -0.05) is 0 Å². The number of benzene rings is 1. The predicted octanol–water partition coefficient (Wildman–Crippen LogP) is 2.16. The summed E-state index contributed by atoms with van der Waals surface area (Å²) in [5, 5.41) is 9.49. The van der Waals surface area contributed by atoms with Crippen LogP contribution in [0.3, 0.4) is 0 Å². The molecule has 0 saturated carbocycles. The molecule has 0 unspecified atom stereocenters. The molecule has 4 nitrogen and oxygen atoms in total. The van der Waals surface area contributed by atoms with Gasteiger partial charge in [0.15, 0.2) is 0 Å². The third kappa shape index (κ3) is 3.92. The molecule has 3 rings (SSSR count). The van der Waals surface area contributed by atoms with Gasteiger partial charge in [-0.3, -0.25) is 4.79 Å². The lowest BCUT2D eigenvalue weighted by Gasteiger charge is -2.39. The Hall–Kier alpha value is -1.53. The minimum atomic E-state index is -0.613. The fourth-order valence-electron chi connectivity index (χ4n) is 3.97. The van der Waals surface area contributed by atoms with Crippen molar-refractivity contribution in [2.75, 3.05) is 26.2 Å². The number of carbonyl (C=O) groups excluding carboxylic acids is 1. The molecule has 1 spiro atoms. The monoisotopic (exact) mass is 338 g/mol. The van der Waals surface area contributed by atoms with Gasteiger partial charge < -0.3 is 14.9 Å². The normalized spacial score (nSPS) is 22.3. The number of halogens is 2. The molecular formula is C18H24F2N2O2. The number of amides is 1. The molecule has 0 bridgehead atoms. The third-order valence-electron chi connectivity index (χ3n) is 5.14. The Labute approximate surface area is 141 Å². The van der Waals surface area contributed by atoms with Crippen LogP contribution in [0, 0.1) is 17.0 Å². The van der Waals surface area contributed by atoms with Gasteiger partial charge in [-0.2, -0.15) is 0 Å². The van der Waals surface area contributed by atoms with Crippen LogP contribution < -0.4 is 0 Å². The zero-order valence-corrected chi connectivity index (χ0v) is 14.0. The third-order valence-corrected chi connectivity index (χ3v) is 5.14.